The summed E-state index contributed by atoms with van der Waals surface area (Å²) in [6.07, 6.45) is -3.01. The lowest BCUT2D eigenvalue weighted by atomic mass is 10.1. The Balaban J connectivity index is 2.19. The Labute approximate surface area is 106 Å². The molecule has 1 aromatic carbocycles. The maximum atomic E-state index is 12.2. The highest BCUT2D eigenvalue weighted by atomic mass is 19.4. The third-order valence-electron chi connectivity index (χ3n) is 2.91. The minimum absolute atomic E-state index is 0.239. The van der Waals surface area contributed by atoms with Gasteiger partial charge >= 0.3 is 6.36 Å². The van der Waals surface area contributed by atoms with E-state index in [4.69, 9.17) is 0 Å². The molecule has 0 aliphatic carbocycles. The number of ether oxygens (including phenoxy) is 1. The fourth-order valence-corrected chi connectivity index (χ4v) is 2.14. The van der Waals surface area contributed by atoms with Crippen LogP contribution in [0, 0.1) is 6.92 Å². The van der Waals surface area contributed by atoms with Crippen LogP contribution in [0.15, 0.2) is 30.5 Å². The van der Waals surface area contributed by atoms with E-state index in [1.54, 1.807) is 12.3 Å². The zero-order chi connectivity index (χ0) is 13.6. The molecule has 0 atom stereocenters. The summed E-state index contributed by atoms with van der Waals surface area (Å²) >= 11 is 0. The van der Waals surface area contributed by atoms with Crippen LogP contribution in [0.4, 0.5) is 13.2 Å². The molecule has 98 valence electrons. The van der Waals surface area contributed by atoms with Gasteiger partial charge in [0.05, 0.1) is 16.7 Å². The monoisotopic (exact) mass is 266 g/mol. The first-order chi connectivity index (χ1) is 8.94. The highest BCUT2D eigenvalue weighted by Crippen LogP contribution is 2.31. The Hall–Kier alpha value is -2.24. The average Bonchev–Trinajstić information content (AvgIpc) is 2.66. The van der Waals surface area contributed by atoms with Crippen molar-refractivity contribution in [2.45, 2.75) is 13.3 Å². The first-order valence-electron chi connectivity index (χ1n) is 5.57. The fourth-order valence-electron chi connectivity index (χ4n) is 2.14. The molecule has 0 aliphatic rings. The number of hydrogen-bond acceptors (Lipinski definition) is 2. The number of aromatic amines is 1. The van der Waals surface area contributed by atoms with Crippen LogP contribution in [0.1, 0.15) is 5.69 Å². The maximum Gasteiger partial charge on any atom is 0.573 e. The van der Waals surface area contributed by atoms with Crippen molar-refractivity contribution in [1.29, 1.82) is 0 Å². The lowest BCUT2D eigenvalue weighted by molar-refractivity contribution is -0.274. The second-order valence-electron chi connectivity index (χ2n) is 4.20. The van der Waals surface area contributed by atoms with Gasteiger partial charge in [-0.15, -0.1) is 13.2 Å². The topological polar surface area (TPSA) is 37.9 Å². The standard InChI is InChI=1S/C13H9F3N2O/c1-7-12-10(4-5-17-7)9-3-2-8(6-11(9)18-12)19-13(14,15)16/h2-6,18H,1H3. The number of rotatable bonds is 1. The molecule has 2 heterocycles. The van der Waals surface area contributed by atoms with Crippen molar-refractivity contribution in [3.05, 3.63) is 36.2 Å². The van der Waals surface area contributed by atoms with E-state index in [0.717, 1.165) is 22.0 Å². The number of aryl methyl sites for hydroxylation is 1. The van der Waals surface area contributed by atoms with Crippen LogP contribution in [-0.4, -0.2) is 16.3 Å². The molecule has 3 nitrogen and oxygen atoms in total. The van der Waals surface area contributed by atoms with Crippen molar-refractivity contribution >= 4 is 21.8 Å². The lowest BCUT2D eigenvalue weighted by Crippen LogP contribution is -2.16. The van der Waals surface area contributed by atoms with Crippen LogP contribution in [-0.2, 0) is 0 Å². The van der Waals surface area contributed by atoms with E-state index < -0.39 is 6.36 Å². The summed E-state index contributed by atoms with van der Waals surface area (Å²) in [4.78, 5) is 7.20. The van der Waals surface area contributed by atoms with Crippen molar-refractivity contribution < 1.29 is 17.9 Å². The van der Waals surface area contributed by atoms with Crippen LogP contribution in [0.2, 0.25) is 0 Å². The Bertz CT molecular complexity index is 761. The van der Waals surface area contributed by atoms with Gasteiger partial charge in [0.15, 0.2) is 0 Å². The number of halogens is 3. The largest absolute Gasteiger partial charge is 0.573 e. The van der Waals surface area contributed by atoms with E-state index in [1.807, 2.05) is 13.0 Å². The van der Waals surface area contributed by atoms with Gasteiger partial charge in [-0.2, -0.15) is 0 Å². The smallest absolute Gasteiger partial charge is 0.406 e. The van der Waals surface area contributed by atoms with Crippen molar-refractivity contribution in [2.24, 2.45) is 0 Å². The summed E-state index contributed by atoms with van der Waals surface area (Å²) in [5.74, 6) is -0.239. The highest BCUT2D eigenvalue weighted by molar-refractivity contribution is 6.08. The van der Waals surface area contributed by atoms with Crippen LogP contribution in [0.3, 0.4) is 0 Å². The van der Waals surface area contributed by atoms with E-state index in [-0.39, 0.29) is 5.75 Å². The molecular formula is C13H9F3N2O. The molecule has 19 heavy (non-hydrogen) atoms. The number of pyridine rings is 1. The molecular weight excluding hydrogens is 257 g/mol. The van der Waals surface area contributed by atoms with E-state index in [0.29, 0.717) is 5.52 Å². The van der Waals surface area contributed by atoms with Crippen molar-refractivity contribution in [3.8, 4) is 5.75 Å². The van der Waals surface area contributed by atoms with E-state index in [2.05, 4.69) is 14.7 Å². The number of fused-ring (bicyclic) bond motifs is 3. The maximum absolute atomic E-state index is 12.2. The second kappa shape index (κ2) is 3.88. The molecule has 0 saturated carbocycles. The first-order valence-corrected chi connectivity index (χ1v) is 5.57. The third-order valence-corrected chi connectivity index (χ3v) is 2.91. The van der Waals surface area contributed by atoms with Gasteiger partial charge in [-0.05, 0) is 25.1 Å². The molecule has 0 saturated heterocycles. The van der Waals surface area contributed by atoms with Gasteiger partial charge in [0.25, 0.3) is 0 Å². The van der Waals surface area contributed by atoms with Gasteiger partial charge in [-0.3, -0.25) is 4.98 Å². The predicted molar refractivity (Wildman–Crippen MR) is 65.0 cm³/mol. The van der Waals surface area contributed by atoms with Crippen LogP contribution in [0.25, 0.3) is 21.8 Å². The molecule has 0 fully saturated rings. The molecule has 0 amide bonds. The van der Waals surface area contributed by atoms with Gasteiger partial charge in [-0.25, -0.2) is 0 Å². The predicted octanol–water partition coefficient (Wildman–Crippen LogP) is 3.92. The summed E-state index contributed by atoms with van der Waals surface area (Å²) in [6, 6.07) is 6.07. The Kier molecular flexibility index (Phi) is 2.41. The average molecular weight is 266 g/mol. The van der Waals surface area contributed by atoms with Gasteiger partial charge in [0, 0.05) is 23.0 Å². The summed E-state index contributed by atoms with van der Waals surface area (Å²) in [6.45, 7) is 1.84. The molecule has 0 unspecified atom stereocenters. The summed E-state index contributed by atoms with van der Waals surface area (Å²) in [5, 5.41) is 1.77. The molecule has 1 N–H and O–H groups in total. The van der Waals surface area contributed by atoms with E-state index in [9.17, 15) is 13.2 Å². The number of nitrogens with zero attached hydrogens (tertiary/aromatic N) is 1. The van der Waals surface area contributed by atoms with Gasteiger partial charge < -0.3 is 9.72 Å². The molecule has 0 spiro atoms. The number of hydrogen-bond donors (Lipinski definition) is 1. The first kappa shape index (κ1) is 11.8. The summed E-state index contributed by atoms with van der Waals surface area (Å²) in [5.41, 5.74) is 2.21. The minimum atomic E-state index is -4.68. The minimum Gasteiger partial charge on any atom is -0.406 e. The zero-order valence-corrected chi connectivity index (χ0v) is 9.88. The normalized spacial score (nSPS) is 12.2. The number of aromatic nitrogens is 2. The number of H-pyrrole nitrogens is 1. The quantitative estimate of drug-likeness (QED) is 0.724. The van der Waals surface area contributed by atoms with Crippen LogP contribution >= 0.6 is 0 Å². The van der Waals surface area contributed by atoms with Gasteiger partial charge in [0.2, 0.25) is 0 Å². The molecule has 3 rings (SSSR count). The Morgan fingerprint density at radius 3 is 2.68 bits per heavy atom. The van der Waals surface area contributed by atoms with Crippen molar-refractivity contribution in [1.82, 2.24) is 9.97 Å². The Morgan fingerprint density at radius 2 is 1.95 bits per heavy atom. The van der Waals surface area contributed by atoms with Gasteiger partial charge in [-0.1, -0.05) is 0 Å². The lowest BCUT2D eigenvalue weighted by Gasteiger charge is -2.08. The van der Waals surface area contributed by atoms with E-state index >= 15 is 0 Å². The highest BCUT2D eigenvalue weighted by Gasteiger charge is 2.31. The van der Waals surface area contributed by atoms with E-state index in [1.165, 1.54) is 12.1 Å². The molecule has 2 aromatic heterocycles. The molecule has 6 heteroatoms. The number of nitrogens with one attached hydrogen (secondary N) is 1. The fraction of sp³-hybridized carbons (Fsp3) is 0.154. The van der Waals surface area contributed by atoms with Crippen molar-refractivity contribution in [3.63, 3.8) is 0 Å². The molecule has 0 aliphatic heterocycles. The Morgan fingerprint density at radius 1 is 1.16 bits per heavy atom. The third kappa shape index (κ3) is 2.09. The molecule has 0 radical (unpaired) electrons. The SMILES string of the molecule is Cc1nccc2c1[nH]c1cc(OC(F)(F)F)ccc12. The van der Waals surface area contributed by atoms with Crippen LogP contribution in [0.5, 0.6) is 5.75 Å². The number of alkyl halides is 3. The summed E-state index contributed by atoms with van der Waals surface area (Å²) < 4.78 is 40.4. The second-order valence-corrected chi connectivity index (χ2v) is 4.20. The number of benzene rings is 1. The van der Waals surface area contributed by atoms with Gasteiger partial charge in [0.1, 0.15) is 5.75 Å². The summed E-state index contributed by atoms with van der Waals surface area (Å²) in [7, 11) is 0. The zero-order valence-electron chi connectivity index (χ0n) is 9.88. The van der Waals surface area contributed by atoms with Crippen molar-refractivity contribution in [2.75, 3.05) is 0 Å². The molecule has 3 aromatic rings. The molecule has 0 bridgehead atoms. The van der Waals surface area contributed by atoms with Crippen LogP contribution < -0.4 is 4.74 Å².